The molecule has 4 atom stereocenters. The molecule has 1 aliphatic heterocycles. The minimum absolute atomic E-state index is 0.0511. The van der Waals surface area contributed by atoms with Crippen molar-refractivity contribution in [1.29, 1.82) is 0 Å². The first kappa shape index (κ1) is 29.2. The summed E-state index contributed by atoms with van der Waals surface area (Å²) in [6.07, 6.45) is 0.829. The fraction of sp³-hybridized carbons (Fsp3) is 0.586. The third-order valence-corrected chi connectivity index (χ3v) is 9.01. The topological polar surface area (TPSA) is 115 Å². The van der Waals surface area contributed by atoms with Crippen LogP contribution in [0, 0.1) is 12.3 Å². The largest absolute Gasteiger partial charge is 0.391 e. The van der Waals surface area contributed by atoms with Crippen LogP contribution >= 0.6 is 11.3 Å². The molecule has 2 heterocycles. The second kappa shape index (κ2) is 11.0. The van der Waals surface area contributed by atoms with Crippen LogP contribution in [-0.2, 0) is 14.4 Å². The van der Waals surface area contributed by atoms with E-state index in [1.807, 2.05) is 83.4 Å². The SMILES string of the molecule is Cc1ncsc1-c1ccc([C@H](C)NC(=O)[C@@H]2C[C@@H](O)CN2C(=O)[C@@H](NC(=O)C2(N(C)C)CC2)C(C)(C)C)cc1. The van der Waals surface area contributed by atoms with E-state index in [1.54, 1.807) is 11.3 Å². The molecular weight excluding hydrogens is 514 g/mol. The van der Waals surface area contributed by atoms with Crippen molar-refractivity contribution in [3.8, 4) is 10.4 Å². The molecular formula is C29H41N5O4S. The molecule has 0 unspecified atom stereocenters. The van der Waals surface area contributed by atoms with E-state index in [4.69, 9.17) is 0 Å². The van der Waals surface area contributed by atoms with Gasteiger partial charge in [0.05, 0.1) is 33.8 Å². The number of amides is 3. The molecule has 0 radical (unpaired) electrons. The molecule has 0 spiro atoms. The van der Waals surface area contributed by atoms with Crippen molar-refractivity contribution in [2.24, 2.45) is 5.41 Å². The number of hydrogen-bond acceptors (Lipinski definition) is 7. The van der Waals surface area contributed by atoms with Gasteiger partial charge in [-0.3, -0.25) is 19.3 Å². The molecule has 1 saturated heterocycles. The molecule has 1 aromatic carbocycles. The molecule has 2 aromatic rings. The summed E-state index contributed by atoms with van der Waals surface area (Å²) in [6.45, 7) is 9.62. The molecule has 1 saturated carbocycles. The van der Waals surface area contributed by atoms with Crippen LogP contribution in [0.3, 0.4) is 0 Å². The zero-order chi connectivity index (χ0) is 28.7. The van der Waals surface area contributed by atoms with Crippen LogP contribution in [0.15, 0.2) is 29.8 Å². The first-order chi connectivity index (χ1) is 18.2. The molecule has 4 rings (SSSR count). The van der Waals surface area contributed by atoms with Crippen molar-refractivity contribution in [3.63, 3.8) is 0 Å². The average molecular weight is 556 g/mol. The van der Waals surface area contributed by atoms with Gasteiger partial charge in [0.15, 0.2) is 0 Å². The number of carbonyl (C=O) groups is 3. The third-order valence-electron chi connectivity index (χ3n) is 8.03. The van der Waals surface area contributed by atoms with Gasteiger partial charge in [-0.25, -0.2) is 4.98 Å². The van der Waals surface area contributed by atoms with Gasteiger partial charge in [0, 0.05) is 13.0 Å². The van der Waals surface area contributed by atoms with Crippen molar-refractivity contribution in [1.82, 2.24) is 25.4 Å². The Bertz CT molecular complexity index is 1220. The van der Waals surface area contributed by atoms with Gasteiger partial charge in [-0.05, 0) is 57.3 Å². The summed E-state index contributed by atoms with van der Waals surface area (Å²) in [5, 5.41) is 16.5. The molecule has 212 valence electrons. The van der Waals surface area contributed by atoms with Gasteiger partial charge >= 0.3 is 0 Å². The smallest absolute Gasteiger partial charge is 0.246 e. The normalized spacial score (nSPS) is 21.9. The van der Waals surface area contributed by atoms with E-state index >= 15 is 0 Å². The summed E-state index contributed by atoms with van der Waals surface area (Å²) in [5.41, 5.74) is 3.64. The number of hydrogen-bond donors (Lipinski definition) is 3. The molecule has 2 fully saturated rings. The number of aliphatic hydroxyl groups excluding tert-OH is 1. The van der Waals surface area contributed by atoms with Gasteiger partial charge in [-0.2, -0.15) is 0 Å². The van der Waals surface area contributed by atoms with E-state index in [9.17, 15) is 19.5 Å². The van der Waals surface area contributed by atoms with Gasteiger partial charge in [0.1, 0.15) is 12.1 Å². The van der Waals surface area contributed by atoms with Crippen LogP contribution in [0.25, 0.3) is 10.4 Å². The number of aromatic nitrogens is 1. The predicted octanol–water partition coefficient (Wildman–Crippen LogP) is 2.88. The molecule has 1 aliphatic carbocycles. The van der Waals surface area contributed by atoms with Gasteiger partial charge in [-0.1, -0.05) is 45.0 Å². The number of rotatable bonds is 8. The quantitative estimate of drug-likeness (QED) is 0.462. The fourth-order valence-electron chi connectivity index (χ4n) is 5.28. The van der Waals surface area contributed by atoms with Crippen LogP contribution in [0.2, 0.25) is 0 Å². The number of aliphatic hydroxyl groups is 1. The molecule has 2 aliphatic rings. The van der Waals surface area contributed by atoms with Crippen molar-refractivity contribution >= 4 is 29.1 Å². The number of nitrogens with one attached hydrogen (secondary N) is 2. The number of β-amino-alcohol motifs (C(OH)–C–C–N with tert-alkyl or cyclic N) is 1. The molecule has 10 heteroatoms. The second-order valence-electron chi connectivity index (χ2n) is 12.2. The zero-order valence-corrected chi connectivity index (χ0v) is 24.8. The third kappa shape index (κ3) is 6.02. The molecule has 3 amide bonds. The Hall–Kier alpha value is -2.82. The highest BCUT2D eigenvalue weighted by Gasteiger charge is 2.54. The van der Waals surface area contributed by atoms with E-state index in [1.165, 1.54) is 4.90 Å². The molecule has 9 nitrogen and oxygen atoms in total. The van der Waals surface area contributed by atoms with E-state index < -0.39 is 29.1 Å². The van der Waals surface area contributed by atoms with E-state index in [2.05, 4.69) is 15.6 Å². The minimum atomic E-state index is -0.830. The van der Waals surface area contributed by atoms with Crippen LogP contribution in [0.4, 0.5) is 0 Å². The van der Waals surface area contributed by atoms with Gasteiger partial charge in [-0.15, -0.1) is 11.3 Å². The summed E-state index contributed by atoms with van der Waals surface area (Å²) in [4.78, 5) is 49.2. The number of nitrogens with zero attached hydrogens (tertiary/aromatic N) is 3. The van der Waals surface area contributed by atoms with Crippen LogP contribution in [0.5, 0.6) is 0 Å². The highest BCUT2D eigenvalue weighted by Crippen LogP contribution is 2.41. The second-order valence-corrected chi connectivity index (χ2v) is 13.1. The van der Waals surface area contributed by atoms with Crippen LogP contribution < -0.4 is 10.6 Å². The molecule has 1 aromatic heterocycles. The highest BCUT2D eigenvalue weighted by molar-refractivity contribution is 7.13. The molecule has 3 N–H and O–H groups in total. The van der Waals surface area contributed by atoms with E-state index in [-0.39, 0.29) is 36.7 Å². The first-order valence-electron chi connectivity index (χ1n) is 13.5. The standard InChI is InChI=1S/C29H41N5O4S/c1-17(19-8-10-20(11-9-19)23-18(2)30-16-39-23)31-25(36)22-14-21(35)15-34(22)26(37)24(28(3,4)5)32-27(38)29(12-13-29)33(6)7/h8-11,16-17,21-22,24,35H,12-15H2,1-7H3,(H,31,36)(H,32,38)/t17-,21+,22-,24+/m0/s1. The van der Waals surface area contributed by atoms with Crippen molar-refractivity contribution in [2.45, 2.75) is 83.6 Å². The lowest BCUT2D eigenvalue weighted by Crippen LogP contribution is -2.60. The van der Waals surface area contributed by atoms with Crippen molar-refractivity contribution < 1.29 is 19.5 Å². The Morgan fingerprint density at radius 2 is 1.79 bits per heavy atom. The maximum absolute atomic E-state index is 13.8. The maximum atomic E-state index is 13.8. The Labute approximate surface area is 235 Å². The van der Waals surface area contributed by atoms with Crippen molar-refractivity contribution in [2.75, 3.05) is 20.6 Å². The number of likely N-dealkylation sites (N-methyl/N-ethyl adjacent to an activating group) is 1. The lowest BCUT2D eigenvalue weighted by molar-refractivity contribution is -0.145. The fourth-order valence-corrected chi connectivity index (χ4v) is 6.09. The van der Waals surface area contributed by atoms with Crippen LogP contribution in [-0.4, -0.2) is 82.0 Å². The number of aryl methyl sites for hydroxylation is 1. The molecule has 39 heavy (non-hydrogen) atoms. The maximum Gasteiger partial charge on any atom is 0.246 e. The van der Waals surface area contributed by atoms with Gasteiger partial charge in [0.25, 0.3) is 0 Å². The average Bonchev–Trinajstić information content (AvgIpc) is 3.44. The Morgan fingerprint density at radius 3 is 2.31 bits per heavy atom. The van der Waals surface area contributed by atoms with E-state index in [0.29, 0.717) is 0 Å². The van der Waals surface area contributed by atoms with Crippen LogP contribution in [0.1, 0.15) is 64.3 Å². The number of benzene rings is 1. The molecule has 0 bridgehead atoms. The summed E-state index contributed by atoms with van der Waals surface area (Å²) >= 11 is 1.59. The Kier molecular flexibility index (Phi) is 8.21. The summed E-state index contributed by atoms with van der Waals surface area (Å²) in [6, 6.07) is 6.06. The number of likely N-dealkylation sites (tertiary alicyclic amines) is 1. The van der Waals surface area contributed by atoms with Gasteiger partial charge in [0.2, 0.25) is 17.7 Å². The summed E-state index contributed by atoms with van der Waals surface area (Å²) in [7, 11) is 3.74. The Morgan fingerprint density at radius 1 is 1.15 bits per heavy atom. The van der Waals surface area contributed by atoms with E-state index in [0.717, 1.165) is 34.5 Å². The summed E-state index contributed by atoms with van der Waals surface area (Å²) < 4.78 is 0. The number of carbonyl (C=O) groups excluding carboxylic acids is 3. The zero-order valence-electron chi connectivity index (χ0n) is 23.9. The van der Waals surface area contributed by atoms with Gasteiger partial charge < -0.3 is 20.6 Å². The van der Waals surface area contributed by atoms with Crippen molar-refractivity contribution in [3.05, 3.63) is 41.0 Å². The predicted molar refractivity (Wildman–Crippen MR) is 152 cm³/mol. The summed E-state index contributed by atoms with van der Waals surface area (Å²) in [5.74, 6) is -0.841. The lowest BCUT2D eigenvalue weighted by atomic mass is 9.85. The highest BCUT2D eigenvalue weighted by atomic mass is 32.1. The Balaban J connectivity index is 1.46. The number of thiazole rings is 1. The monoisotopic (exact) mass is 555 g/mol. The minimum Gasteiger partial charge on any atom is -0.391 e. The lowest BCUT2D eigenvalue weighted by Gasteiger charge is -2.37. The first-order valence-corrected chi connectivity index (χ1v) is 14.4.